The Morgan fingerprint density at radius 3 is 1.71 bits per heavy atom. The fourth-order valence-corrected chi connectivity index (χ4v) is 9.35. The summed E-state index contributed by atoms with van der Waals surface area (Å²) in [5.74, 6) is 4.69. The third kappa shape index (κ3) is 5.20. The molecule has 0 aliphatic heterocycles. The minimum atomic E-state index is 0.380. The van der Waals surface area contributed by atoms with Gasteiger partial charge < -0.3 is 0 Å². The van der Waals surface area contributed by atoms with Crippen molar-refractivity contribution >= 4 is 0 Å². The van der Waals surface area contributed by atoms with Crippen LogP contribution in [-0.4, -0.2) is 15.0 Å². The average Bonchev–Trinajstić information content (AvgIpc) is 3.14. The number of benzene rings is 5. The van der Waals surface area contributed by atoms with Crippen LogP contribution in [0.15, 0.2) is 127 Å². The number of hydrogen-bond donors (Lipinski definition) is 0. The lowest BCUT2D eigenvalue weighted by Gasteiger charge is -2.57. The monoisotopic (exact) mass is 620 g/mol. The molecule has 0 N–H and O–H groups in total. The molecule has 232 valence electrons. The molecule has 5 aromatic carbocycles. The highest BCUT2D eigenvalue weighted by Gasteiger charge is 2.51. The van der Waals surface area contributed by atoms with Crippen molar-refractivity contribution in [3.8, 4) is 62.5 Å². The number of nitrogens with zero attached hydrogens (tertiary/aromatic N) is 4. The van der Waals surface area contributed by atoms with Gasteiger partial charge in [-0.1, -0.05) is 109 Å². The summed E-state index contributed by atoms with van der Waals surface area (Å²) in [6.45, 7) is 0. The van der Waals surface area contributed by atoms with Gasteiger partial charge in [0.1, 0.15) is 0 Å². The van der Waals surface area contributed by atoms with Gasteiger partial charge in [-0.05, 0) is 108 Å². The molecule has 6 aromatic rings. The molecular weight excluding hydrogens is 585 g/mol. The molecule has 0 atom stereocenters. The van der Waals surface area contributed by atoms with Gasteiger partial charge in [0.15, 0.2) is 17.5 Å². The Kier molecular flexibility index (Phi) is 7.01. The van der Waals surface area contributed by atoms with Crippen molar-refractivity contribution in [2.75, 3.05) is 0 Å². The van der Waals surface area contributed by atoms with Crippen LogP contribution in [0.25, 0.3) is 56.4 Å². The molecule has 10 rings (SSSR count). The second kappa shape index (κ2) is 11.7. The van der Waals surface area contributed by atoms with E-state index in [1.54, 1.807) is 0 Å². The van der Waals surface area contributed by atoms with Crippen LogP contribution in [0.2, 0.25) is 0 Å². The molecule has 0 saturated heterocycles. The smallest absolute Gasteiger partial charge is 0.164 e. The fraction of sp³-hybridized carbons (Fsp3) is 0.227. The summed E-state index contributed by atoms with van der Waals surface area (Å²) in [6.07, 6.45) is 8.49. The molecule has 0 spiro atoms. The van der Waals surface area contributed by atoms with E-state index in [1.807, 2.05) is 66.7 Å². The summed E-state index contributed by atoms with van der Waals surface area (Å²) in [6, 6.07) is 46.2. The van der Waals surface area contributed by atoms with Crippen LogP contribution in [-0.2, 0) is 5.41 Å². The molecule has 4 aliphatic rings. The predicted octanol–water partition coefficient (Wildman–Crippen LogP) is 10.5. The molecule has 4 saturated carbocycles. The Morgan fingerprint density at radius 1 is 0.479 bits per heavy atom. The Bertz CT molecular complexity index is 2140. The molecule has 4 bridgehead atoms. The van der Waals surface area contributed by atoms with Crippen LogP contribution in [0.1, 0.15) is 49.7 Å². The van der Waals surface area contributed by atoms with Gasteiger partial charge in [0.05, 0.1) is 11.6 Å². The molecule has 4 fully saturated rings. The van der Waals surface area contributed by atoms with Crippen molar-refractivity contribution in [2.45, 2.75) is 43.9 Å². The van der Waals surface area contributed by atoms with E-state index >= 15 is 0 Å². The SMILES string of the molecule is N#Cc1cccc(-c2cccc(-c3nc(-c4ccccc4)nc(-c4ccccc4-c4ccc(C56CC7CC(CC(C7)C5)C6)cc4)n3)c2)c1. The summed E-state index contributed by atoms with van der Waals surface area (Å²) >= 11 is 0. The highest BCUT2D eigenvalue weighted by Crippen LogP contribution is 2.60. The van der Waals surface area contributed by atoms with Crippen molar-refractivity contribution in [2.24, 2.45) is 17.8 Å². The molecule has 0 unspecified atom stereocenters. The maximum atomic E-state index is 9.47. The van der Waals surface area contributed by atoms with Crippen LogP contribution in [0, 0.1) is 29.1 Å². The largest absolute Gasteiger partial charge is 0.208 e. The van der Waals surface area contributed by atoms with E-state index in [0.717, 1.165) is 51.1 Å². The maximum Gasteiger partial charge on any atom is 0.164 e. The Morgan fingerprint density at radius 2 is 1.02 bits per heavy atom. The lowest BCUT2D eigenvalue weighted by Crippen LogP contribution is -2.48. The van der Waals surface area contributed by atoms with E-state index in [-0.39, 0.29) is 0 Å². The fourth-order valence-electron chi connectivity index (χ4n) is 9.35. The second-order valence-corrected chi connectivity index (χ2v) is 14.3. The highest BCUT2D eigenvalue weighted by atomic mass is 15.0. The number of aromatic nitrogens is 3. The molecule has 0 amide bonds. The zero-order chi connectivity index (χ0) is 32.1. The van der Waals surface area contributed by atoms with Crippen LogP contribution in [0.5, 0.6) is 0 Å². The number of rotatable bonds is 6. The van der Waals surface area contributed by atoms with Crippen molar-refractivity contribution < 1.29 is 0 Å². The van der Waals surface area contributed by atoms with E-state index in [1.165, 1.54) is 49.7 Å². The molecule has 1 aromatic heterocycles. The topological polar surface area (TPSA) is 62.5 Å². The molecule has 1 heterocycles. The second-order valence-electron chi connectivity index (χ2n) is 14.3. The van der Waals surface area contributed by atoms with Crippen LogP contribution < -0.4 is 0 Å². The van der Waals surface area contributed by atoms with E-state index in [2.05, 4.69) is 66.7 Å². The number of hydrogen-bond acceptors (Lipinski definition) is 4. The average molecular weight is 621 g/mol. The first-order chi connectivity index (χ1) is 23.6. The maximum absolute atomic E-state index is 9.47. The highest BCUT2D eigenvalue weighted by molar-refractivity contribution is 5.82. The van der Waals surface area contributed by atoms with Gasteiger partial charge in [-0.2, -0.15) is 5.26 Å². The van der Waals surface area contributed by atoms with E-state index in [0.29, 0.717) is 28.5 Å². The van der Waals surface area contributed by atoms with Gasteiger partial charge in [0, 0.05) is 16.7 Å². The minimum absolute atomic E-state index is 0.380. The normalized spacial score (nSPS) is 22.4. The molecular formula is C44H36N4. The molecule has 4 heteroatoms. The first kappa shape index (κ1) is 28.8. The molecule has 4 aliphatic carbocycles. The summed E-state index contributed by atoms with van der Waals surface area (Å²) in [5, 5.41) is 9.47. The van der Waals surface area contributed by atoms with Crippen LogP contribution in [0.3, 0.4) is 0 Å². The first-order valence-corrected chi connectivity index (χ1v) is 17.3. The molecule has 4 nitrogen and oxygen atoms in total. The zero-order valence-electron chi connectivity index (χ0n) is 26.9. The van der Waals surface area contributed by atoms with Gasteiger partial charge >= 0.3 is 0 Å². The first-order valence-electron chi connectivity index (χ1n) is 17.3. The van der Waals surface area contributed by atoms with Gasteiger partial charge in [-0.3, -0.25) is 0 Å². The van der Waals surface area contributed by atoms with E-state index in [4.69, 9.17) is 15.0 Å². The summed E-state index contributed by atoms with van der Waals surface area (Å²) in [4.78, 5) is 15.2. The van der Waals surface area contributed by atoms with E-state index < -0.39 is 0 Å². The lowest BCUT2D eigenvalue weighted by atomic mass is 9.48. The minimum Gasteiger partial charge on any atom is -0.208 e. The van der Waals surface area contributed by atoms with Gasteiger partial charge in [-0.25, -0.2) is 15.0 Å². The predicted molar refractivity (Wildman–Crippen MR) is 192 cm³/mol. The lowest BCUT2D eigenvalue weighted by molar-refractivity contribution is -0.00518. The Hall–Kier alpha value is -5.40. The van der Waals surface area contributed by atoms with Gasteiger partial charge in [0.25, 0.3) is 0 Å². The van der Waals surface area contributed by atoms with Gasteiger partial charge in [-0.15, -0.1) is 0 Å². The van der Waals surface area contributed by atoms with E-state index in [9.17, 15) is 5.26 Å². The van der Waals surface area contributed by atoms with Crippen molar-refractivity contribution in [3.05, 3.63) is 139 Å². The summed E-state index contributed by atoms with van der Waals surface area (Å²) < 4.78 is 0. The third-order valence-electron chi connectivity index (χ3n) is 11.1. The van der Waals surface area contributed by atoms with Gasteiger partial charge in [0.2, 0.25) is 0 Å². The number of nitriles is 1. The quantitative estimate of drug-likeness (QED) is 0.186. The van der Waals surface area contributed by atoms with Crippen molar-refractivity contribution in [3.63, 3.8) is 0 Å². The third-order valence-corrected chi connectivity index (χ3v) is 11.1. The summed E-state index contributed by atoms with van der Waals surface area (Å²) in [7, 11) is 0. The molecule has 0 radical (unpaired) electrons. The van der Waals surface area contributed by atoms with Crippen LogP contribution in [0.4, 0.5) is 0 Å². The van der Waals surface area contributed by atoms with Crippen LogP contribution >= 0.6 is 0 Å². The Balaban J connectivity index is 1.12. The standard InChI is InChI=1S/C44H36N4/c45-28-29-8-6-11-35(23-29)36-12-7-13-37(24-36)42-46-41(34-9-2-1-3-10-34)47-43(48-42)40-15-5-4-14-39(40)33-16-18-38(19-17-33)44-25-30-20-31(26-44)22-32(21-30)27-44/h1-19,23-24,30-32H,20-22,25-27H2. The Labute approximate surface area is 282 Å². The molecule has 48 heavy (non-hydrogen) atoms. The van der Waals surface area contributed by atoms with Crippen molar-refractivity contribution in [1.29, 1.82) is 5.26 Å². The van der Waals surface area contributed by atoms with Crippen molar-refractivity contribution in [1.82, 2.24) is 15.0 Å². The zero-order valence-corrected chi connectivity index (χ0v) is 26.9. The summed E-state index contributed by atoms with van der Waals surface area (Å²) in [5.41, 5.74) is 9.67.